The maximum atomic E-state index is 3.92. The molecule has 0 atom stereocenters. The zero-order valence-corrected chi connectivity index (χ0v) is 11.8. The molecule has 0 saturated heterocycles. The highest BCUT2D eigenvalue weighted by Crippen LogP contribution is 2.08. The zero-order chi connectivity index (χ0) is 12.9. The van der Waals surface area contributed by atoms with Crippen LogP contribution < -0.4 is 0 Å². The van der Waals surface area contributed by atoms with Crippen molar-refractivity contribution in [2.24, 2.45) is 0 Å². The summed E-state index contributed by atoms with van der Waals surface area (Å²) in [6.45, 7) is 10.3. The van der Waals surface area contributed by atoms with Crippen molar-refractivity contribution in [3.8, 4) is 0 Å². The molecule has 0 bridgehead atoms. The molecule has 0 amide bonds. The quantitative estimate of drug-likeness (QED) is 0.260. The summed E-state index contributed by atoms with van der Waals surface area (Å²) < 4.78 is 0. The lowest BCUT2D eigenvalue weighted by atomic mass is 10.1. The minimum Gasteiger partial charge on any atom is -0.100 e. The maximum absolute atomic E-state index is 3.92. The summed E-state index contributed by atoms with van der Waals surface area (Å²) in [5, 5.41) is 0. The normalized spacial score (nSPS) is 12.8. The van der Waals surface area contributed by atoms with Crippen LogP contribution in [0.25, 0.3) is 0 Å². The van der Waals surface area contributed by atoms with Crippen LogP contribution in [0.15, 0.2) is 48.1 Å². The predicted octanol–water partition coefficient (Wildman–Crippen LogP) is 5.98. The number of allylic oxidation sites excluding steroid dienone is 7. The SMILES string of the molecule is C=C(C)CCCCC/C=C/C=C\C(C)=C/CC. The van der Waals surface area contributed by atoms with Crippen molar-refractivity contribution < 1.29 is 0 Å². The summed E-state index contributed by atoms with van der Waals surface area (Å²) in [5.41, 5.74) is 2.65. The van der Waals surface area contributed by atoms with Crippen LogP contribution in [0.4, 0.5) is 0 Å². The fraction of sp³-hybridized carbons (Fsp3) is 0.529. The second-order valence-corrected chi connectivity index (χ2v) is 4.70. The van der Waals surface area contributed by atoms with E-state index in [1.165, 1.54) is 43.3 Å². The lowest BCUT2D eigenvalue weighted by Crippen LogP contribution is -1.77. The van der Waals surface area contributed by atoms with Crippen LogP contribution in [-0.2, 0) is 0 Å². The largest absolute Gasteiger partial charge is 0.100 e. The molecule has 96 valence electrons. The van der Waals surface area contributed by atoms with Crippen molar-refractivity contribution in [3.63, 3.8) is 0 Å². The van der Waals surface area contributed by atoms with E-state index in [2.05, 4.69) is 57.7 Å². The Bertz CT molecular complexity index is 276. The first-order valence-corrected chi connectivity index (χ1v) is 6.81. The Morgan fingerprint density at radius 1 is 1.06 bits per heavy atom. The third-order valence-electron chi connectivity index (χ3n) is 2.61. The van der Waals surface area contributed by atoms with Crippen LogP contribution in [0.3, 0.4) is 0 Å². The van der Waals surface area contributed by atoms with E-state index in [1.807, 2.05) is 0 Å². The molecule has 0 aromatic rings. The Morgan fingerprint density at radius 2 is 1.82 bits per heavy atom. The fourth-order valence-electron chi connectivity index (χ4n) is 1.64. The second-order valence-electron chi connectivity index (χ2n) is 4.70. The smallest absolute Gasteiger partial charge is 0.0326 e. The summed E-state index contributed by atoms with van der Waals surface area (Å²) in [4.78, 5) is 0. The van der Waals surface area contributed by atoms with Gasteiger partial charge >= 0.3 is 0 Å². The van der Waals surface area contributed by atoms with E-state index < -0.39 is 0 Å². The average Bonchev–Trinajstić information content (AvgIpc) is 2.27. The van der Waals surface area contributed by atoms with Gasteiger partial charge in [-0.05, 0) is 46.0 Å². The van der Waals surface area contributed by atoms with Crippen LogP contribution in [0.5, 0.6) is 0 Å². The third-order valence-corrected chi connectivity index (χ3v) is 2.61. The number of hydrogen-bond donors (Lipinski definition) is 0. The molecule has 0 heterocycles. The molecular formula is C17H28. The molecule has 0 fully saturated rings. The van der Waals surface area contributed by atoms with Gasteiger partial charge in [-0.3, -0.25) is 0 Å². The van der Waals surface area contributed by atoms with Crippen LogP contribution in [0, 0.1) is 0 Å². The van der Waals surface area contributed by atoms with Gasteiger partial charge < -0.3 is 0 Å². The molecule has 0 aliphatic carbocycles. The molecule has 0 nitrogen and oxygen atoms in total. The molecule has 0 radical (unpaired) electrons. The van der Waals surface area contributed by atoms with Crippen molar-refractivity contribution in [2.75, 3.05) is 0 Å². The summed E-state index contributed by atoms with van der Waals surface area (Å²) in [5.74, 6) is 0. The molecule has 0 aliphatic rings. The van der Waals surface area contributed by atoms with E-state index in [1.54, 1.807) is 0 Å². The molecule has 0 aromatic carbocycles. The topological polar surface area (TPSA) is 0 Å². The molecule has 17 heavy (non-hydrogen) atoms. The van der Waals surface area contributed by atoms with Crippen molar-refractivity contribution in [1.29, 1.82) is 0 Å². The highest BCUT2D eigenvalue weighted by atomic mass is 13.9. The molecule has 0 spiro atoms. The Kier molecular flexibility index (Phi) is 10.7. The predicted molar refractivity (Wildman–Crippen MR) is 80.2 cm³/mol. The summed E-state index contributed by atoms with van der Waals surface area (Å²) in [6.07, 6.45) is 18.3. The van der Waals surface area contributed by atoms with Crippen LogP contribution in [0.2, 0.25) is 0 Å². The molecule has 0 heteroatoms. The summed E-state index contributed by atoms with van der Waals surface area (Å²) in [7, 11) is 0. The molecule has 0 saturated carbocycles. The Morgan fingerprint density at radius 3 is 2.47 bits per heavy atom. The van der Waals surface area contributed by atoms with E-state index in [0.717, 1.165) is 6.42 Å². The minimum absolute atomic E-state index is 1.11. The summed E-state index contributed by atoms with van der Waals surface area (Å²) in [6, 6.07) is 0. The van der Waals surface area contributed by atoms with Gasteiger partial charge in [0.1, 0.15) is 0 Å². The first-order chi connectivity index (χ1) is 8.16. The molecule has 0 aromatic heterocycles. The van der Waals surface area contributed by atoms with Gasteiger partial charge in [-0.25, -0.2) is 0 Å². The van der Waals surface area contributed by atoms with Crippen LogP contribution in [0.1, 0.15) is 59.3 Å². The van der Waals surface area contributed by atoms with Gasteiger partial charge in [0, 0.05) is 0 Å². The molecule has 0 rings (SSSR count). The van der Waals surface area contributed by atoms with Crippen molar-refractivity contribution >= 4 is 0 Å². The van der Waals surface area contributed by atoms with Gasteiger partial charge in [0.15, 0.2) is 0 Å². The minimum atomic E-state index is 1.11. The Hall–Kier alpha value is -1.04. The van der Waals surface area contributed by atoms with Gasteiger partial charge in [-0.15, -0.1) is 6.58 Å². The van der Waals surface area contributed by atoms with Crippen LogP contribution >= 0.6 is 0 Å². The Balaban J connectivity index is 3.49. The molecule has 0 N–H and O–H groups in total. The average molecular weight is 232 g/mol. The molecular weight excluding hydrogens is 204 g/mol. The monoisotopic (exact) mass is 232 g/mol. The highest BCUT2D eigenvalue weighted by molar-refractivity contribution is 5.19. The zero-order valence-electron chi connectivity index (χ0n) is 11.8. The van der Waals surface area contributed by atoms with Gasteiger partial charge in [0.05, 0.1) is 0 Å². The van der Waals surface area contributed by atoms with Gasteiger partial charge in [-0.1, -0.05) is 54.9 Å². The fourth-order valence-corrected chi connectivity index (χ4v) is 1.64. The number of hydrogen-bond acceptors (Lipinski definition) is 0. The third kappa shape index (κ3) is 12.9. The van der Waals surface area contributed by atoms with Crippen molar-refractivity contribution in [1.82, 2.24) is 0 Å². The summed E-state index contributed by atoms with van der Waals surface area (Å²) >= 11 is 0. The molecule has 0 aliphatic heterocycles. The second kappa shape index (κ2) is 11.4. The van der Waals surface area contributed by atoms with Gasteiger partial charge in [0.2, 0.25) is 0 Å². The van der Waals surface area contributed by atoms with E-state index >= 15 is 0 Å². The van der Waals surface area contributed by atoms with Gasteiger partial charge in [0.25, 0.3) is 0 Å². The van der Waals surface area contributed by atoms with E-state index in [-0.39, 0.29) is 0 Å². The van der Waals surface area contributed by atoms with Gasteiger partial charge in [-0.2, -0.15) is 0 Å². The van der Waals surface area contributed by atoms with Crippen molar-refractivity contribution in [3.05, 3.63) is 48.1 Å². The number of unbranched alkanes of at least 4 members (excludes halogenated alkanes) is 3. The van der Waals surface area contributed by atoms with E-state index in [4.69, 9.17) is 0 Å². The maximum Gasteiger partial charge on any atom is -0.0326 e. The number of rotatable bonds is 9. The van der Waals surface area contributed by atoms with Crippen molar-refractivity contribution in [2.45, 2.75) is 59.3 Å². The first kappa shape index (κ1) is 16.0. The first-order valence-electron chi connectivity index (χ1n) is 6.81. The lowest BCUT2D eigenvalue weighted by molar-refractivity contribution is 0.684. The van der Waals surface area contributed by atoms with Crippen LogP contribution in [-0.4, -0.2) is 0 Å². The van der Waals surface area contributed by atoms with E-state index in [0.29, 0.717) is 0 Å². The Labute approximate surface area is 108 Å². The van der Waals surface area contributed by atoms with E-state index in [9.17, 15) is 0 Å². The highest BCUT2D eigenvalue weighted by Gasteiger charge is 1.88. The molecule has 0 unspecified atom stereocenters. The standard InChI is InChI=1S/C17H28/c1-5-13-17(4)15-12-10-8-6-7-9-11-14-16(2)3/h8,10,12-13,15H,2,5-7,9,11,14H2,1,3-4H3/b10-8+,15-12-,17-13-. The lowest BCUT2D eigenvalue weighted by Gasteiger charge is -1.97.